The van der Waals surface area contributed by atoms with E-state index in [0.29, 0.717) is 48.8 Å². The molecule has 2 heterocycles. The van der Waals surface area contributed by atoms with Gasteiger partial charge in [0.1, 0.15) is 27.3 Å². The van der Waals surface area contributed by atoms with E-state index in [-0.39, 0.29) is 34.9 Å². The number of thiophene rings is 2. The molecule has 6 aromatic rings. The number of hydrogen-bond acceptors (Lipinski definition) is 12. The maximum Gasteiger partial charge on any atom is 0.341 e. The van der Waals surface area contributed by atoms with Gasteiger partial charge in [-0.1, -0.05) is 25.4 Å². The number of ether oxygens (including phenoxy) is 2. The van der Waals surface area contributed by atoms with Crippen LogP contribution < -0.4 is 20.1 Å². The molecule has 0 aliphatic heterocycles. The summed E-state index contributed by atoms with van der Waals surface area (Å²) in [4.78, 5) is 75.6. The third-order valence-corrected chi connectivity index (χ3v) is 13.2. The number of amides is 2. The van der Waals surface area contributed by atoms with Crippen LogP contribution in [0.25, 0.3) is 0 Å². The number of aliphatic carboxylic acids is 2. The molecule has 0 spiro atoms. The molecule has 0 fully saturated rings. The van der Waals surface area contributed by atoms with Gasteiger partial charge in [0.2, 0.25) is 11.8 Å². The Bertz CT molecular complexity index is 2400. The summed E-state index contributed by atoms with van der Waals surface area (Å²) in [6.07, 6.45) is 1.47. The van der Waals surface area contributed by atoms with Crippen LogP contribution in [0.2, 0.25) is 5.02 Å². The van der Waals surface area contributed by atoms with E-state index in [9.17, 15) is 33.2 Å². The van der Waals surface area contributed by atoms with E-state index in [4.69, 9.17) is 31.3 Å². The summed E-state index contributed by atoms with van der Waals surface area (Å²) in [5.41, 5.74) is 1.70. The molecule has 2 aromatic heterocycles. The number of carbonyl (C=O) groups excluding carboxylic acids is 4. The second kappa shape index (κ2) is 24.2. The molecule has 0 saturated heterocycles. The van der Waals surface area contributed by atoms with Crippen LogP contribution in [0.1, 0.15) is 55.4 Å². The fraction of sp³-hybridized carbons (Fsp3) is 0.174. The lowest BCUT2D eigenvalue weighted by Crippen LogP contribution is -2.15. The normalized spacial score (nSPS) is 10.6. The van der Waals surface area contributed by atoms with E-state index in [1.807, 2.05) is 19.9 Å². The van der Waals surface area contributed by atoms with Crippen molar-refractivity contribution in [1.29, 1.82) is 0 Å². The molecular weight excluding hydrogens is 923 g/mol. The summed E-state index contributed by atoms with van der Waals surface area (Å²) in [5, 5.41) is 24.5. The van der Waals surface area contributed by atoms with Crippen LogP contribution in [0.15, 0.2) is 119 Å². The molecule has 64 heavy (non-hydrogen) atoms. The molecule has 0 aliphatic rings. The van der Waals surface area contributed by atoms with Gasteiger partial charge in [0.15, 0.2) is 24.8 Å². The topological polar surface area (TPSA) is 185 Å². The van der Waals surface area contributed by atoms with Gasteiger partial charge < -0.3 is 30.3 Å². The van der Waals surface area contributed by atoms with Crippen molar-refractivity contribution >= 4 is 103 Å². The fourth-order valence-electron chi connectivity index (χ4n) is 5.45. The number of ketones is 2. The Morgan fingerprint density at radius 3 is 1.33 bits per heavy atom. The zero-order valence-electron chi connectivity index (χ0n) is 34.2. The van der Waals surface area contributed by atoms with Crippen LogP contribution in [0.5, 0.6) is 11.5 Å². The summed E-state index contributed by atoms with van der Waals surface area (Å²) in [7, 11) is 0. The van der Waals surface area contributed by atoms with Crippen molar-refractivity contribution in [3.8, 4) is 11.5 Å². The fourth-order valence-corrected chi connectivity index (χ4v) is 8.99. The number of anilines is 2. The van der Waals surface area contributed by atoms with E-state index in [1.165, 1.54) is 70.5 Å². The lowest BCUT2D eigenvalue weighted by Gasteiger charge is -2.07. The molecule has 12 nitrogen and oxygen atoms in total. The van der Waals surface area contributed by atoms with Gasteiger partial charge in [0.05, 0.1) is 22.6 Å². The van der Waals surface area contributed by atoms with Gasteiger partial charge >= 0.3 is 11.9 Å². The SMILES string of the molecule is CCc1cc(C(=O)c2ccc(Cl)cc2)c(NC(=O)CSc2ccc(OCC(=O)O)cc2)s1.CCc1cc(C(=O)c2ccc(F)cc2)c(NC(=O)CSc2ccc(OCC(=O)O)cc2)s1. The summed E-state index contributed by atoms with van der Waals surface area (Å²) in [6.45, 7) is 3.12. The van der Waals surface area contributed by atoms with E-state index in [1.54, 1.807) is 78.9 Å². The highest BCUT2D eigenvalue weighted by molar-refractivity contribution is 8.00. The minimum atomic E-state index is -1.06. The molecule has 0 saturated carbocycles. The number of carboxylic acid groups (broad SMARTS) is 2. The van der Waals surface area contributed by atoms with Crippen molar-refractivity contribution in [3.05, 3.63) is 152 Å². The van der Waals surface area contributed by atoms with E-state index in [0.717, 1.165) is 32.4 Å². The first-order chi connectivity index (χ1) is 30.7. The molecule has 0 aliphatic carbocycles. The minimum Gasteiger partial charge on any atom is -0.482 e. The number of nitrogens with one attached hydrogen (secondary N) is 2. The van der Waals surface area contributed by atoms with Crippen LogP contribution in [-0.4, -0.2) is 70.3 Å². The van der Waals surface area contributed by atoms with E-state index in [2.05, 4.69) is 10.6 Å². The minimum absolute atomic E-state index is 0.124. The Morgan fingerprint density at radius 1 is 0.594 bits per heavy atom. The monoisotopic (exact) mass is 962 g/mol. The van der Waals surface area contributed by atoms with E-state index >= 15 is 0 Å². The smallest absolute Gasteiger partial charge is 0.341 e. The predicted molar refractivity (Wildman–Crippen MR) is 250 cm³/mol. The van der Waals surface area contributed by atoms with Crippen molar-refractivity contribution in [2.75, 3.05) is 35.4 Å². The third kappa shape index (κ3) is 15.1. The standard InChI is InChI=1S/C23H20ClNO5S2.C23H20FNO5S2/c2*1-2-17-11-19(22(29)14-3-5-15(24)6-4-14)23(32-17)25-20(26)13-31-18-9-7-16(8-10-18)30-12-21(27)28/h2*3-11H,2,12-13H2,1H3,(H,25,26)(H,27,28). The highest BCUT2D eigenvalue weighted by atomic mass is 35.5. The van der Waals surface area contributed by atoms with Crippen molar-refractivity contribution in [2.24, 2.45) is 0 Å². The molecule has 332 valence electrons. The molecule has 0 unspecified atom stereocenters. The van der Waals surface area contributed by atoms with E-state index < -0.39 is 31.0 Å². The van der Waals surface area contributed by atoms with Gasteiger partial charge in [0.25, 0.3) is 0 Å². The van der Waals surface area contributed by atoms with Crippen molar-refractivity contribution in [1.82, 2.24) is 0 Å². The maximum absolute atomic E-state index is 13.2. The largest absolute Gasteiger partial charge is 0.482 e. The number of aryl methyl sites for hydroxylation is 2. The Kier molecular flexibility index (Phi) is 18.5. The molecular formula is C46H40ClFN2O10S4. The summed E-state index contributed by atoms with van der Waals surface area (Å²) in [5.74, 6) is -2.32. The quantitative estimate of drug-likeness (QED) is 0.0420. The van der Waals surface area contributed by atoms with Crippen molar-refractivity contribution < 1.29 is 52.8 Å². The average molecular weight is 964 g/mol. The van der Waals surface area contributed by atoms with Crippen molar-refractivity contribution in [2.45, 2.75) is 36.5 Å². The van der Waals surface area contributed by atoms with Crippen LogP contribution in [0.4, 0.5) is 14.4 Å². The molecule has 18 heteroatoms. The first kappa shape index (κ1) is 49.0. The summed E-state index contributed by atoms with van der Waals surface area (Å²) < 4.78 is 23.4. The number of carbonyl (C=O) groups is 6. The predicted octanol–water partition coefficient (Wildman–Crippen LogP) is 10.3. The molecule has 4 N–H and O–H groups in total. The molecule has 2 amide bonds. The Balaban J connectivity index is 0.000000241. The number of benzene rings is 4. The lowest BCUT2D eigenvalue weighted by atomic mass is 10.0. The Hall–Kier alpha value is -5.98. The first-order valence-electron chi connectivity index (χ1n) is 19.3. The number of carboxylic acids is 2. The van der Waals surface area contributed by atoms with Gasteiger partial charge in [-0.25, -0.2) is 14.0 Å². The lowest BCUT2D eigenvalue weighted by molar-refractivity contribution is -0.140. The molecule has 0 bridgehead atoms. The molecule has 6 rings (SSSR count). The molecule has 0 atom stereocenters. The van der Waals surface area contributed by atoms with Gasteiger partial charge in [-0.2, -0.15) is 0 Å². The van der Waals surface area contributed by atoms with Gasteiger partial charge in [-0.05, 0) is 122 Å². The first-order valence-corrected chi connectivity index (χ1v) is 23.3. The third-order valence-electron chi connectivity index (χ3n) is 8.58. The second-order valence-corrected chi connectivity index (χ2v) is 18.1. The van der Waals surface area contributed by atoms with Gasteiger partial charge in [-0.15, -0.1) is 46.2 Å². The highest BCUT2D eigenvalue weighted by Crippen LogP contribution is 2.33. The van der Waals surface area contributed by atoms with Gasteiger partial charge in [0, 0.05) is 35.7 Å². The zero-order chi connectivity index (χ0) is 46.2. The number of rotatable bonds is 20. The van der Waals surface area contributed by atoms with Gasteiger partial charge in [-0.3, -0.25) is 19.2 Å². The summed E-state index contributed by atoms with van der Waals surface area (Å²) in [6, 6.07) is 29.1. The zero-order valence-corrected chi connectivity index (χ0v) is 38.2. The number of halogens is 2. The average Bonchev–Trinajstić information content (AvgIpc) is 3.90. The van der Waals surface area contributed by atoms with Crippen LogP contribution in [0, 0.1) is 5.82 Å². The Morgan fingerprint density at radius 2 is 0.969 bits per heavy atom. The maximum atomic E-state index is 13.2. The van der Waals surface area contributed by atoms with Crippen molar-refractivity contribution in [3.63, 3.8) is 0 Å². The number of hydrogen-bond donors (Lipinski definition) is 4. The van der Waals surface area contributed by atoms with Crippen LogP contribution >= 0.6 is 57.8 Å². The summed E-state index contributed by atoms with van der Waals surface area (Å²) >= 11 is 11.3. The van der Waals surface area contributed by atoms with Crippen LogP contribution in [0.3, 0.4) is 0 Å². The molecule has 4 aromatic carbocycles. The molecule has 0 radical (unpaired) electrons. The number of thioether (sulfide) groups is 2. The van der Waals surface area contributed by atoms with Crippen LogP contribution in [-0.2, 0) is 32.0 Å². The Labute approximate surface area is 389 Å². The highest BCUT2D eigenvalue weighted by Gasteiger charge is 2.21. The second-order valence-electron chi connectivity index (χ2n) is 13.3.